The number of hydrogen-bond donors (Lipinski definition) is 5. The number of hydrogen-bond acceptors (Lipinski definition) is 5. The summed E-state index contributed by atoms with van der Waals surface area (Å²) in [5.41, 5.74) is 1.08. The van der Waals surface area contributed by atoms with Crippen molar-refractivity contribution < 1.29 is 28.7 Å². The summed E-state index contributed by atoms with van der Waals surface area (Å²) in [5.74, 6) is 0.204. The molecule has 12 heteroatoms. The third-order valence-electron chi connectivity index (χ3n) is 2.85. The van der Waals surface area contributed by atoms with Gasteiger partial charge in [-0.25, -0.2) is 9.97 Å². The normalized spacial score (nSPS) is 13.0. The van der Waals surface area contributed by atoms with Gasteiger partial charge >= 0.3 is 15.2 Å². The Morgan fingerprint density at radius 1 is 1.29 bits per heavy atom. The number of anilines is 1. The highest BCUT2D eigenvalue weighted by molar-refractivity contribution is 7.70. The van der Waals surface area contributed by atoms with E-state index in [1.807, 2.05) is 0 Å². The van der Waals surface area contributed by atoms with Gasteiger partial charge in [0, 0.05) is 19.8 Å². The molecule has 5 N–H and O–H groups in total. The molecular weight excluding hydrogens is 322 g/mol. The third-order valence-corrected chi connectivity index (χ3v) is 6.57. The van der Waals surface area contributed by atoms with Crippen LogP contribution in [0.25, 0.3) is 11.2 Å². The summed E-state index contributed by atoms with van der Waals surface area (Å²) < 4.78 is 23.9. The number of fused-ring (bicyclic) bond motifs is 1. The van der Waals surface area contributed by atoms with E-state index in [9.17, 15) is 9.13 Å². The zero-order chi connectivity index (χ0) is 15.8. The molecule has 2 rings (SSSR count). The van der Waals surface area contributed by atoms with Crippen molar-refractivity contribution in [1.82, 2.24) is 14.5 Å². The lowest BCUT2D eigenvalue weighted by molar-refractivity contribution is 0.340. The first kappa shape index (κ1) is 16.1. The van der Waals surface area contributed by atoms with Crippen LogP contribution in [0.1, 0.15) is 0 Å². The maximum Gasteiger partial charge on any atom is 0.342 e. The number of nitrogens with one attached hydrogen (secondary N) is 1. The Kier molecular flexibility index (Phi) is 4.21. The number of rotatable bonds is 5. The van der Waals surface area contributed by atoms with Crippen molar-refractivity contribution in [2.75, 3.05) is 11.9 Å². The topological polar surface area (TPSA) is 158 Å². The average Bonchev–Trinajstić information content (AvgIpc) is 2.64. The van der Waals surface area contributed by atoms with E-state index in [0.29, 0.717) is 11.2 Å². The standard InChI is InChI=1S/C9H14N4O6P2/c1-13-8-6(3-2-4-10-8)12-9(13)11-5-7(20(14,15)16)21(17,18)19/h2-4,7H,5H2,1H3,(H,11,12)(H2,14,15,16)(H2,17,18,19). The van der Waals surface area contributed by atoms with Crippen LogP contribution in [0, 0.1) is 0 Å². The molecule has 116 valence electrons. The molecular formula is C9H14N4O6P2. The minimum absolute atomic E-state index is 0.204. The van der Waals surface area contributed by atoms with Crippen molar-refractivity contribution in [3.05, 3.63) is 18.3 Å². The monoisotopic (exact) mass is 336 g/mol. The van der Waals surface area contributed by atoms with Gasteiger partial charge in [0.2, 0.25) is 5.95 Å². The van der Waals surface area contributed by atoms with Crippen LogP contribution in [0.2, 0.25) is 0 Å². The van der Waals surface area contributed by atoms with E-state index >= 15 is 0 Å². The Morgan fingerprint density at radius 2 is 1.90 bits per heavy atom. The molecule has 0 aliphatic heterocycles. The Bertz CT molecular complexity index is 728. The molecule has 2 aromatic rings. The van der Waals surface area contributed by atoms with Gasteiger partial charge in [-0.15, -0.1) is 0 Å². The molecule has 2 heterocycles. The van der Waals surface area contributed by atoms with Gasteiger partial charge in [-0.2, -0.15) is 0 Å². The van der Waals surface area contributed by atoms with Crippen LogP contribution in [0.5, 0.6) is 0 Å². The van der Waals surface area contributed by atoms with Crippen LogP contribution < -0.4 is 5.32 Å². The highest BCUT2D eigenvalue weighted by Gasteiger charge is 2.43. The third kappa shape index (κ3) is 3.49. The summed E-state index contributed by atoms with van der Waals surface area (Å²) in [6, 6.07) is 3.37. The number of aromatic nitrogens is 3. The fourth-order valence-corrected chi connectivity index (χ4v) is 4.02. The van der Waals surface area contributed by atoms with Crippen molar-refractivity contribution in [3.63, 3.8) is 0 Å². The quantitative estimate of drug-likeness (QED) is 0.476. The Balaban J connectivity index is 2.26. The Morgan fingerprint density at radius 3 is 2.43 bits per heavy atom. The van der Waals surface area contributed by atoms with E-state index < -0.39 is 27.1 Å². The van der Waals surface area contributed by atoms with Crippen LogP contribution in [0.4, 0.5) is 5.95 Å². The molecule has 0 bridgehead atoms. The molecule has 2 aromatic heterocycles. The van der Waals surface area contributed by atoms with Gasteiger partial charge in [-0.1, -0.05) is 0 Å². The number of pyridine rings is 1. The molecule has 0 aliphatic carbocycles. The van der Waals surface area contributed by atoms with E-state index in [-0.39, 0.29) is 5.95 Å². The first-order valence-corrected chi connectivity index (χ1v) is 9.09. The molecule has 0 spiro atoms. The first-order chi connectivity index (χ1) is 9.60. The molecule has 0 unspecified atom stereocenters. The van der Waals surface area contributed by atoms with Crippen molar-refractivity contribution >= 4 is 32.3 Å². The Labute approximate surface area is 119 Å². The highest BCUT2D eigenvalue weighted by atomic mass is 31.2. The van der Waals surface area contributed by atoms with Crippen LogP contribution in [-0.2, 0) is 16.2 Å². The SMILES string of the molecule is Cn1c(NCC(P(=O)(O)O)P(=O)(O)O)nc2cccnc21. The maximum absolute atomic E-state index is 11.2. The Hall–Kier alpha value is -1.28. The summed E-state index contributed by atoms with van der Waals surface area (Å²) in [6.45, 7) is -0.619. The summed E-state index contributed by atoms with van der Waals surface area (Å²) in [7, 11) is -8.30. The van der Waals surface area contributed by atoms with Crippen molar-refractivity contribution in [2.24, 2.45) is 7.05 Å². The molecule has 0 saturated carbocycles. The van der Waals surface area contributed by atoms with E-state index in [2.05, 4.69) is 15.3 Å². The van der Waals surface area contributed by atoms with E-state index in [0.717, 1.165) is 0 Å². The largest absolute Gasteiger partial charge is 0.354 e. The van der Waals surface area contributed by atoms with Gasteiger partial charge in [0.15, 0.2) is 11.0 Å². The summed E-state index contributed by atoms with van der Waals surface area (Å²) >= 11 is 0. The fraction of sp³-hybridized carbons (Fsp3) is 0.333. The summed E-state index contributed by atoms with van der Waals surface area (Å²) in [6.07, 6.45) is 1.56. The van der Waals surface area contributed by atoms with Crippen LogP contribution in [-0.4, -0.2) is 46.1 Å². The van der Waals surface area contributed by atoms with Gasteiger partial charge in [0.05, 0.1) is 0 Å². The molecule has 0 radical (unpaired) electrons. The molecule has 0 fully saturated rings. The molecule has 0 aromatic carbocycles. The van der Waals surface area contributed by atoms with Crippen molar-refractivity contribution in [2.45, 2.75) is 5.40 Å². The minimum Gasteiger partial charge on any atom is -0.354 e. The van der Waals surface area contributed by atoms with Crippen LogP contribution >= 0.6 is 15.2 Å². The lowest BCUT2D eigenvalue weighted by Crippen LogP contribution is -2.21. The van der Waals surface area contributed by atoms with E-state index in [1.165, 1.54) is 4.57 Å². The maximum atomic E-state index is 11.2. The lowest BCUT2D eigenvalue weighted by Gasteiger charge is -2.19. The molecule has 10 nitrogen and oxygen atoms in total. The van der Waals surface area contributed by atoms with Gasteiger partial charge in [0.25, 0.3) is 0 Å². The van der Waals surface area contributed by atoms with Crippen molar-refractivity contribution in [3.8, 4) is 0 Å². The molecule has 0 atom stereocenters. The minimum atomic E-state index is -4.96. The summed E-state index contributed by atoms with van der Waals surface area (Å²) in [5, 5.41) is 0.416. The molecule has 0 aliphatic rings. The van der Waals surface area contributed by atoms with E-state index in [1.54, 1.807) is 25.4 Å². The smallest absolute Gasteiger partial charge is 0.342 e. The number of imidazole rings is 1. The number of nitrogens with zero attached hydrogens (tertiary/aromatic N) is 3. The van der Waals surface area contributed by atoms with Crippen LogP contribution in [0.3, 0.4) is 0 Å². The van der Waals surface area contributed by atoms with Crippen LogP contribution in [0.15, 0.2) is 18.3 Å². The second-order valence-electron chi connectivity index (χ2n) is 4.38. The molecule has 21 heavy (non-hydrogen) atoms. The second-order valence-corrected chi connectivity index (χ2v) is 8.39. The lowest BCUT2D eigenvalue weighted by atomic mass is 10.4. The molecule has 0 saturated heterocycles. The highest BCUT2D eigenvalue weighted by Crippen LogP contribution is 2.59. The van der Waals surface area contributed by atoms with Gasteiger partial charge < -0.3 is 24.9 Å². The zero-order valence-electron chi connectivity index (χ0n) is 10.9. The summed E-state index contributed by atoms with van der Waals surface area (Å²) in [4.78, 5) is 44.4. The zero-order valence-corrected chi connectivity index (χ0v) is 12.6. The predicted molar refractivity (Wildman–Crippen MR) is 74.9 cm³/mol. The van der Waals surface area contributed by atoms with Gasteiger partial charge in [-0.05, 0) is 12.1 Å². The molecule has 0 amide bonds. The van der Waals surface area contributed by atoms with Gasteiger partial charge in [0.1, 0.15) is 5.52 Å². The average molecular weight is 336 g/mol. The van der Waals surface area contributed by atoms with Gasteiger partial charge in [-0.3, -0.25) is 13.7 Å². The predicted octanol–water partition coefficient (Wildman–Crippen LogP) is 0.0617. The fourth-order valence-electron chi connectivity index (χ4n) is 1.80. The second kappa shape index (κ2) is 5.49. The van der Waals surface area contributed by atoms with Crippen molar-refractivity contribution in [1.29, 1.82) is 0 Å². The van der Waals surface area contributed by atoms with E-state index in [4.69, 9.17) is 19.6 Å². The number of aryl methyl sites for hydroxylation is 1. The first-order valence-electron chi connectivity index (χ1n) is 5.72.